The van der Waals surface area contributed by atoms with Gasteiger partial charge in [0, 0.05) is 6.54 Å². The Bertz CT molecular complexity index is 800. The molecule has 0 aliphatic carbocycles. The largest absolute Gasteiger partial charge is 0.496 e. The quantitative estimate of drug-likeness (QED) is 0.698. The van der Waals surface area contributed by atoms with Crippen molar-refractivity contribution in [3.8, 4) is 11.4 Å². The van der Waals surface area contributed by atoms with Crippen molar-refractivity contribution in [1.82, 2.24) is 25.1 Å². The lowest BCUT2D eigenvalue weighted by atomic mass is 10.1. The number of methoxy groups -OCH3 is 1. The molecule has 0 aliphatic rings. The van der Waals surface area contributed by atoms with Crippen LogP contribution < -0.4 is 4.74 Å². The smallest absolute Gasteiger partial charge is 0.170 e. The lowest BCUT2D eigenvalue weighted by molar-refractivity contribution is 0.307. The van der Waals surface area contributed by atoms with Crippen molar-refractivity contribution in [3.05, 3.63) is 65.5 Å². The van der Waals surface area contributed by atoms with Gasteiger partial charge in [0.1, 0.15) is 5.75 Å². The number of aromatic nitrogens is 4. The molecule has 0 saturated carbocycles. The van der Waals surface area contributed by atoms with Crippen LogP contribution in [0.2, 0.25) is 0 Å². The van der Waals surface area contributed by atoms with Gasteiger partial charge in [-0.3, -0.25) is 4.90 Å². The third kappa shape index (κ3) is 3.60. The molecule has 0 N–H and O–H groups in total. The Hall–Kier alpha value is -2.73. The molecule has 6 nitrogen and oxygen atoms in total. The van der Waals surface area contributed by atoms with Crippen molar-refractivity contribution in [1.29, 1.82) is 0 Å². The van der Waals surface area contributed by atoms with E-state index in [4.69, 9.17) is 4.74 Å². The number of rotatable bonds is 6. The van der Waals surface area contributed by atoms with Gasteiger partial charge >= 0.3 is 0 Å². The summed E-state index contributed by atoms with van der Waals surface area (Å²) >= 11 is 0. The predicted octanol–water partition coefficient (Wildman–Crippen LogP) is 2.61. The van der Waals surface area contributed by atoms with Gasteiger partial charge in [-0.1, -0.05) is 30.3 Å². The molecule has 6 heteroatoms. The maximum absolute atomic E-state index is 5.31. The van der Waals surface area contributed by atoms with Gasteiger partial charge in [0.25, 0.3) is 0 Å². The number of para-hydroxylation sites is 1. The zero-order valence-electron chi connectivity index (χ0n) is 14.2. The molecular weight excluding hydrogens is 302 g/mol. The molecule has 0 spiro atoms. The molecule has 0 fully saturated rings. The Balaban J connectivity index is 1.71. The standard InChI is InChI=1S/C18H21N5O/c1-14-11-15(9-10-17(14)24-3)12-22(2)13-18-19-20-21-23(18)16-7-5-4-6-8-16/h4-11H,12-13H2,1-3H3. The van der Waals surface area contributed by atoms with Crippen LogP contribution in [0.15, 0.2) is 48.5 Å². The first-order chi connectivity index (χ1) is 11.7. The first kappa shape index (κ1) is 16.1. The molecule has 3 rings (SSSR count). The summed E-state index contributed by atoms with van der Waals surface area (Å²) in [6, 6.07) is 16.2. The van der Waals surface area contributed by atoms with Crippen LogP contribution in [-0.4, -0.2) is 39.3 Å². The van der Waals surface area contributed by atoms with E-state index in [1.165, 1.54) is 5.56 Å². The summed E-state index contributed by atoms with van der Waals surface area (Å²) < 4.78 is 7.09. The first-order valence-corrected chi connectivity index (χ1v) is 7.82. The van der Waals surface area contributed by atoms with E-state index in [1.807, 2.05) is 36.4 Å². The molecular formula is C18H21N5O. The molecule has 0 unspecified atom stereocenters. The maximum atomic E-state index is 5.31. The van der Waals surface area contributed by atoms with E-state index < -0.39 is 0 Å². The molecule has 0 aliphatic heterocycles. The van der Waals surface area contributed by atoms with Gasteiger partial charge in [0.15, 0.2) is 5.82 Å². The fourth-order valence-corrected chi connectivity index (χ4v) is 2.72. The SMILES string of the molecule is COc1ccc(CN(C)Cc2nnnn2-c2ccccc2)cc1C. The van der Waals surface area contributed by atoms with E-state index in [-0.39, 0.29) is 0 Å². The average molecular weight is 323 g/mol. The molecule has 1 heterocycles. The number of aryl methyl sites for hydroxylation is 1. The van der Waals surface area contributed by atoms with Crippen molar-refractivity contribution in [2.24, 2.45) is 0 Å². The highest BCUT2D eigenvalue weighted by Crippen LogP contribution is 2.19. The number of tetrazole rings is 1. The van der Waals surface area contributed by atoms with E-state index in [9.17, 15) is 0 Å². The van der Waals surface area contributed by atoms with Gasteiger partial charge in [-0.25, -0.2) is 0 Å². The van der Waals surface area contributed by atoms with Crippen LogP contribution in [0, 0.1) is 6.92 Å². The van der Waals surface area contributed by atoms with Gasteiger partial charge in [0.2, 0.25) is 0 Å². The van der Waals surface area contributed by atoms with Crippen LogP contribution >= 0.6 is 0 Å². The monoisotopic (exact) mass is 323 g/mol. The summed E-state index contributed by atoms with van der Waals surface area (Å²) in [5.41, 5.74) is 3.33. The van der Waals surface area contributed by atoms with Crippen LogP contribution in [0.25, 0.3) is 5.69 Å². The molecule has 0 saturated heterocycles. The number of hydrogen-bond donors (Lipinski definition) is 0. The fraction of sp³-hybridized carbons (Fsp3) is 0.278. The lowest BCUT2D eigenvalue weighted by Gasteiger charge is -2.17. The van der Waals surface area contributed by atoms with Crippen molar-refractivity contribution in [3.63, 3.8) is 0 Å². The zero-order valence-corrected chi connectivity index (χ0v) is 14.2. The highest BCUT2D eigenvalue weighted by atomic mass is 16.5. The van der Waals surface area contributed by atoms with Gasteiger partial charge in [0.05, 0.1) is 19.3 Å². The summed E-state index contributed by atoms with van der Waals surface area (Å²) in [4.78, 5) is 2.19. The van der Waals surface area contributed by atoms with E-state index in [0.717, 1.165) is 29.4 Å². The molecule has 0 radical (unpaired) electrons. The van der Waals surface area contributed by atoms with Gasteiger partial charge in [-0.15, -0.1) is 5.10 Å². The second kappa shape index (κ2) is 7.23. The van der Waals surface area contributed by atoms with Gasteiger partial charge < -0.3 is 4.74 Å². The molecule has 1 aromatic heterocycles. The van der Waals surface area contributed by atoms with E-state index >= 15 is 0 Å². The molecule has 24 heavy (non-hydrogen) atoms. The highest BCUT2D eigenvalue weighted by molar-refractivity contribution is 5.36. The third-order valence-corrected chi connectivity index (χ3v) is 3.86. The number of nitrogens with zero attached hydrogens (tertiary/aromatic N) is 5. The normalized spacial score (nSPS) is 11.0. The van der Waals surface area contributed by atoms with Crippen molar-refractivity contribution < 1.29 is 4.74 Å². The minimum absolute atomic E-state index is 0.660. The Morgan fingerprint density at radius 2 is 1.88 bits per heavy atom. The Morgan fingerprint density at radius 3 is 2.58 bits per heavy atom. The van der Waals surface area contributed by atoms with Gasteiger partial charge in [-0.05, 0) is 53.7 Å². The van der Waals surface area contributed by atoms with Crippen LogP contribution in [0.5, 0.6) is 5.75 Å². The van der Waals surface area contributed by atoms with Crippen molar-refractivity contribution in [2.75, 3.05) is 14.2 Å². The fourth-order valence-electron chi connectivity index (χ4n) is 2.72. The Morgan fingerprint density at radius 1 is 1.08 bits per heavy atom. The molecule has 0 bridgehead atoms. The third-order valence-electron chi connectivity index (χ3n) is 3.86. The number of benzene rings is 2. The molecule has 0 atom stereocenters. The van der Waals surface area contributed by atoms with E-state index in [0.29, 0.717) is 6.54 Å². The molecule has 3 aromatic rings. The Kier molecular flexibility index (Phi) is 4.86. The molecule has 124 valence electrons. The zero-order chi connectivity index (χ0) is 16.9. The second-order valence-corrected chi connectivity index (χ2v) is 5.82. The first-order valence-electron chi connectivity index (χ1n) is 7.82. The summed E-state index contributed by atoms with van der Waals surface area (Å²) in [6.45, 7) is 3.53. The highest BCUT2D eigenvalue weighted by Gasteiger charge is 2.11. The minimum Gasteiger partial charge on any atom is -0.496 e. The van der Waals surface area contributed by atoms with Gasteiger partial charge in [-0.2, -0.15) is 4.68 Å². The number of hydrogen-bond acceptors (Lipinski definition) is 5. The minimum atomic E-state index is 0.660. The summed E-state index contributed by atoms with van der Waals surface area (Å²) in [5, 5.41) is 12.1. The maximum Gasteiger partial charge on any atom is 0.170 e. The summed E-state index contributed by atoms with van der Waals surface area (Å²) in [5.74, 6) is 1.73. The van der Waals surface area contributed by atoms with Crippen LogP contribution in [0.4, 0.5) is 0 Å². The molecule has 2 aromatic carbocycles. The summed E-state index contributed by atoms with van der Waals surface area (Å²) in [7, 11) is 3.75. The summed E-state index contributed by atoms with van der Waals surface area (Å²) in [6.07, 6.45) is 0. The second-order valence-electron chi connectivity index (χ2n) is 5.82. The van der Waals surface area contributed by atoms with E-state index in [1.54, 1.807) is 11.8 Å². The van der Waals surface area contributed by atoms with Crippen LogP contribution in [-0.2, 0) is 13.1 Å². The molecule has 0 amide bonds. The topological polar surface area (TPSA) is 56.1 Å². The average Bonchev–Trinajstić information content (AvgIpc) is 3.04. The Labute approximate surface area is 141 Å². The van der Waals surface area contributed by atoms with Crippen molar-refractivity contribution in [2.45, 2.75) is 20.0 Å². The number of ether oxygens (including phenoxy) is 1. The predicted molar refractivity (Wildman–Crippen MR) is 92.1 cm³/mol. The lowest BCUT2D eigenvalue weighted by Crippen LogP contribution is -2.20. The van der Waals surface area contributed by atoms with E-state index in [2.05, 4.69) is 46.5 Å². The van der Waals surface area contributed by atoms with Crippen LogP contribution in [0.1, 0.15) is 17.0 Å². The van der Waals surface area contributed by atoms with Crippen molar-refractivity contribution >= 4 is 0 Å². The van der Waals surface area contributed by atoms with Crippen LogP contribution in [0.3, 0.4) is 0 Å².